The molecule has 2 atom stereocenters. The number of aliphatic hydroxyl groups excluding tert-OH is 1. The molecule has 1 saturated carbocycles. The number of anilines is 1. The molecule has 2 N–H and O–H groups in total. The Morgan fingerprint density at radius 2 is 2.12 bits per heavy atom. The second kappa shape index (κ2) is 5.39. The van der Waals surface area contributed by atoms with E-state index in [2.05, 4.69) is 5.32 Å². The third-order valence-electron chi connectivity index (χ3n) is 3.17. The number of nitrogens with zero attached hydrogens (tertiary/aromatic N) is 1. The van der Waals surface area contributed by atoms with Gasteiger partial charge in [-0.3, -0.25) is 0 Å². The van der Waals surface area contributed by atoms with Crippen molar-refractivity contribution in [3.8, 4) is 6.07 Å². The van der Waals surface area contributed by atoms with Crippen LogP contribution in [-0.2, 0) is 0 Å². The zero-order chi connectivity index (χ0) is 12.3. The number of hydrogen-bond donors (Lipinski definition) is 2. The van der Waals surface area contributed by atoms with E-state index < -0.39 is 0 Å². The van der Waals surface area contributed by atoms with Gasteiger partial charge in [0.1, 0.15) is 0 Å². The van der Waals surface area contributed by atoms with Crippen molar-refractivity contribution in [1.29, 1.82) is 5.26 Å². The SMILES string of the molecule is N#Cc1ccc(N[C@H]2CCCC[C@@H]2O)c(Cl)c1. The van der Waals surface area contributed by atoms with Gasteiger partial charge in [-0.05, 0) is 31.0 Å². The minimum Gasteiger partial charge on any atom is -0.391 e. The van der Waals surface area contributed by atoms with E-state index in [-0.39, 0.29) is 12.1 Å². The van der Waals surface area contributed by atoms with E-state index in [1.807, 2.05) is 6.07 Å². The van der Waals surface area contributed by atoms with E-state index in [1.54, 1.807) is 18.2 Å². The number of halogens is 1. The lowest BCUT2D eigenvalue weighted by Gasteiger charge is -2.29. The van der Waals surface area contributed by atoms with Gasteiger partial charge in [0, 0.05) is 0 Å². The van der Waals surface area contributed by atoms with Crippen LogP contribution in [0.3, 0.4) is 0 Å². The largest absolute Gasteiger partial charge is 0.391 e. The molecule has 0 bridgehead atoms. The van der Waals surface area contributed by atoms with Crippen LogP contribution in [0.15, 0.2) is 18.2 Å². The summed E-state index contributed by atoms with van der Waals surface area (Å²) < 4.78 is 0. The molecule has 1 aromatic carbocycles. The van der Waals surface area contributed by atoms with E-state index in [1.165, 1.54) is 0 Å². The summed E-state index contributed by atoms with van der Waals surface area (Å²) in [6, 6.07) is 7.27. The minimum absolute atomic E-state index is 0.0641. The molecular weight excluding hydrogens is 236 g/mol. The molecule has 0 amide bonds. The van der Waals surface area contributed by atoms with Crippen molar-refractivity contribution in [1.82, 2.24) is 0 Å². The van der Waals surface area contributed by atoms with Crippen LogP contribution in [0.1, 0.15) is 31.2 Å². The Labute approximate surface area is 106 Å². The highest BCUT2D eigenvalue weighted by Crippen LogP contribution is 2.27. The number of aliphatic hydroxyl groups is 1. The molecular formula is C13H15ClN2O. The normalized spacial score (nSPS) is 24.1. The maximum absolute atomic E-state index is 9.86. The summed E-state index contributed by atoms with van der Waals surface area (Å²) in [7, 11) is 0. The quantitative estimate of drug-likeness (QED) is 0.849. The smallest absolute Gasteiger partial charge is 0.0992 e. The zero-order valence-electron chi connectivity index (χ0n) is 9.49. The molecule has 0 heterocycles. The van der Waals surface area contributed by atoms with Gasteiger partial charge in [0.25, 0.3) is 0 Å². The predicted octanol–water partition coefficient (Wildman–Crippen LogP) is 2.93. The highest BCUT2D eigenvalue weighted by Gasteiger charge is 2.23. The maximum atomic E-state index is 9.86. The Morgan fingerprint density at radius 3 is 2.76 bits per heavy atom. The summed E-state index contributed by atoms with van der Waals surface area (Å²) in [6.07, 6.45) is 3.70. The Kier molecular flexibility index (Phi) is 3.88. The molecule has 90 valence electrons. The Morgan fingerprint density at radius 1 is 1.35 bits per heavy atom. The van der Waals surface area contributed by atoms with Gasteiger partial charge in [-0.2, -0.15) is 5.26 Å². The van der Waals surface area contributed by atoms with Crippen LogP contribution in [0, 0.1) is 11.3 Å². The molecule has 0 unspecified atom stereocenters. The molecule has 0 spiro atoms. The summed E-state index contributed by atoms with van der Waals surface area (Å²) in [5.41, 5.74) is 1.33. The molecule has 0 aliphatic heterocycles. The second-order valence-electron chi connectivity index (χ2n) is 4.41. The van der Waals surface area contributed by atoms with Crippen LogP contribution < -0.4 is 5.32 Å². The summed E-state index contributed by atoms with van der Waals surface area (Å²) in [6.45, 7) is 0. The first-order valence-electron chi connectivity index (χ1n) is 5.85. The van der Waals surface area contributed by atoms with Crippen LogP contribution >= 0.6 is 11.6 Å². The molecule has 1 aliphatic carbocycles. The Bertz CT molecular complexity index is 442. The number of nitriles is 1. The molecule has 1 fully saturated rings. The van der Waals surface area contributed by atoms with E-state index in [0.717, 1.165) is 31.4 Å². The number of rotatable bonds is 2. The monoisotopic (exact) mass is 250 g/mol. The van der Waals surface area contributed by atoms with Crippen molar-refractivity contribution in [2.75, 3.05) is 5.32 Å². The van der Waals surface area contributed by atoms with Gasteiger partial charge in [-0.1, -0.05) is 24.4 Å². The highest BCUT2D eigenvalue weighted by molar-refractivity contribution is 6.33. The molecule has 4 heteroatoms. The third-order valence-corrected chi connectivity index (χ3v) is 3.48. The fourth-order valence-corrected chi connectivity index (χ4v) is 2.42. The highest BCUT2D eigenvalue weighted by atomic mass is 35.5. The van der Waals surface area contributed by atoms with Gasteiger partial charge >= 0.3 is 0 Å². The molecule has 17 heavy (non-hydrogen) atoms. The minimum atomic E-state index is -0.310. The number of benzene rings is 1. The van der Waals surface area contributed by atoms with Gasteiger partial charge in [-0.15, -0.1) is 0 Å². The third kappa shape index (κ3) is 2.91. The zero-order valence-corrected chi connectivity index (χ0v) is 10.2. The van der Waals surface area contributed by atoms with Crippen LogP contribution in [-0.4, -0.2) is 17.3 Å². The van der Waals surface area contributed by atoms with Crippen molar-refractivity contribution in [2.45, 2.75) is 37.8 Å². The van der Waals surface area contributed by atoms with E-state index in [9.17, 15) is 5.11 Å². The van der Waals surface area contributed by atoms with Crippen molar-refractivity contribution < 1.29 is 5.11 Å². The Hall–Kier alpha value is -1.24. The maximum Gasteiger partial charge on any atom is 0.0992 e. The Balaban J connectivity index is 2.10. The lowest BCUT2D eigenvalue weighted by molar-refractivity contribution is 0.116. The average Bonchev–Trinajstić information content (AvgIpc) is 2.34. The first kappa shape index (κ1) is 12.2. The predicted molar refractivity (Wildman–Crippen MR) is 68.1 cm³/mol. The molecule has 2 rings (SSSR count). The number of nitrogens with one attached hydrogen (secondary N) is 1. The standard InChI is InChI=1S/C13H15ClN2O/c14-10-7-9(8-15)5-6-11(10)16-12-3-1-2-4-13(12)17/h5-7,12-13,16-17H,1-4H2/t12-,13-/m0/s1. The van der Waals surface area contributed by atoms with E-state index in [4.69, 9.17) is 16.9 Å². The van der Waals surface area contributed by atoms with Crippen molar-refractivity contribution in [3.63, 3.8) is 0 Å². The summed E-state index contributed by atoms with van der Waals surface area (Å²) in [5, 5.41) is 22.4. The molecule has 0 aromatic heterocycles. The number of hydrogen-bond acceptors (Lipinski definition) is 3. The van der Waals surface area contributed by atoms with Crippen molar-refractivity contribution >= 4 is 17.3 Å². The van der Waals surface area contributed by atoms with E-state index >= 15 is 0 Å². The van der Waals surface area contributed by atoms with Crippen LogP contribution in [0.5, 0.6) is 0 Å². The summed E-state index contributed by atoms with van der Waals surface area (Å²) in [5.74, 6) is 0. The van der Waals surface area contributed by atoms with Gasteiger partial charge in [0.2, 0.25) is 0 Å². The van der Waals surface area contributed by atoms with Gasteiger partial charge in [0.15, 0.2) is 0 Å². The average molecular weight is 251 g/mol. The molecule has 0 saturated heterocycles. The molecule has 0 radical (unpaired) electrons. The summed E-state index contributed by atoms with van der Waals surface area (Å²) in [4.78, 5) is 0. The summed E-state index contributed by atoms with van der Waals surface area (Å²) >= 11 is 6.08. The second-order valence-corrected chi connectivity index (χ2v) is 4.82. The topological polar surface area (TPSA) is 56.0 Å². The van der Waals surface area contributed by atoms with Crippen LogP contribution in [0.25, 0.3) is 0 Å². The molecule has 3 nitrogen and oxygen atoms in total. The molecule has 1 aromatic rings. The van der Waals surface area contributed by atoms with E-state index in [0.29, 0.717) is 10.6 Å². The molecule has 1 aliphatic rings. The fourth-order valence-electron chi connectivity index (χ4n) is 2.18. The first-order valence-corrected chi connectivity index (χ1v) is 6.23. The lowest BCUT2D eigenvalue weighted by atomic mass is 9.92. The first-order chi connectivity index (χ1) is 8.20. The lowest BCUT2D eigenvalue weighted by Crippen LogP contribution is -2.36. The van der Waals surface area contributed by atoms with Gasteiger partial charge in [-0.25, -0.2) is 0 Å². The van der Waals surface area contributed by atoms with Gasteiger partial charge in [0.05, 0.1) is 34.5 Å². The fraction of sp³-hybridized carbons (Fsp3) is 0.462. The van der Waals surface area contributed by atoms with Crippen molar-refractivity contribution in [3.05, 3.63) is 28.8 Å². The van der Waals surface area contributed by atoms with Crippen LogP contribution in [0.2, 0.25) is 5.02 Å². The van der Waals surface area contributed by atoms with Crippen molar-refractivity contribution in [2.24, 2.45) is 0 Å². The van der Waals surface area contributed by atoms with Gasteiger partial charge < -0.3 is 10.4 Å². The van der Waals surface area contributed by atoms with Crippen LogP contribution in [0.4, 0.5) is 5.69 Å².